The Morgan fingerprint density at radius 1 is 0.935 bits per heavy atom. The number of anilines is 1. The van der Waals surface area contributed by atoms with Crippen LogP contribution in [0.2, 0.25) is 0 Å². The van der Waals surface area contributed by atoms with Gasteiger partial charge in [-0.05, 0) is 102 Å². The first-order valence-electron chi connectivity index (χ1n) is 12.2. The molecule has 0 unspecified atom stereocenters. The molecule has 5 rings (SSSR count). The molecule has 3 saturated carbocycles. The molecule has 2 aromatic carbocycles. The molecule has 1 N–H and O–H groups in total. The molecule has 164 valence electrons. The minimum atomic E-state index is 0.233. The van der Waals surface area contributed by atoms with E-state index in [4.69, 9.17) is 4.74 Å². The van der Waals surface area contributed by atoms with Crippen molar-refractivity contribution in [3.8, 4) is 5.75 Å². The molecule has 0 saturated heterocycles. The highest BCUT2D eigenvalue weighted by molar-refractivity contribution is 5.70. The normalized spacial score (nSPS) is 18.7. The molecule has 2 nitrogen and oxygen atoms in total. The molecule has 31 heavy (non-hydrogen) atoms. The van der Waals surface area contributed by atoms with E-state index in [0.29, 0.717) is 6.10 Å². The van der Waals surface area contributed by atoms with Crippen LogP contribution in [0.15, 0.2) is 43.0 Å². The minimum Gasteiger partial charge on any atom is -0.488 e. The molecule has 0 bridgehead atoms. The lowest BCUT2D eigenvalue weighted by atomic mass is 9.86. The number of rotatable bonds is 9. The first-order valence-corrected chi connectivity index (χ1v) is 12.2. The van der Waals surface area contributed by atoms with E-state index in [1.807, 2.05) is 0 Å². The highest BCUT2D eigenvalue weighted by Gasteiger charge is 2.29. The average Bonchev–Trinajstić information content (AvgIpc) is 3.54. The molecule has 0 atom stereocenters. The van der Waals surface area contributed by atoms with Gasteiger partial charge in [-0.2, -0.15) is 0 Å². The first-order chi connectivity index (χ1) is 14.8. The SMILES string of the molecule is C=C(CC(C)(C)C)c1ccc(NCc2cc(C3CC3)cc(C3CC3)c2)c(OC2CC2)c1. The number of nitrogens with one attached hydrogen (secondary N) is 1. The van der Waals surface area contributed by atoms with E-state index in [-0.39, 0.29) is 5.41 Å². The van der Waals surface area contributed by atoms with Crippen molar-refractivity contribution < 1.29 is 4.74 Å². The molecule has 3 aliphatic carbocycles. The zero-order chi connectivity index (χ0) is 21.6. The lowest BCUT2D eigenvalue weighted by Crippen LogP contribution is -2.07. The van der Waals surface area contributed by atoms with Crippen molar-refractivity contribution in [2.45, 2.75) is 90.2 Å². The average molecular weight is 416 g/mol. The molecule has 0 aromatic heterocycles. The highest BCUT2D eigenvalue weighted by atomic mass is 16.5. The van der Waals surface area contributed by atoms with E-state index in [2.05, 4.69) is 69.1 Å². The highest BCUT2D eigenvalue weighted by Crippen LogP contribution is 2.45. The van der Waals surface area contributed by atoms with Crippen LogP contribution in [-0.2, 0) is 6.54 Å². The maximum absolute atomic E-state index is 6.31. The van der Waals surface area contributed by atoms with Gasteiger partial charge in [-0.1, -0.05) is 51.6 Å². The van der Waals surface area contributed by atoms with Gasteiger partial charge in [0.25, 0.3) is 0 Å². The summed E-state index contributed by atoms with van der Waals surface area (Å²) in [4.78, 5) is 0. The molecule has 0 spiro atoms. The van der Waals surface area contributed by atoms with E-state index < -0.39 is 0 Å². The summed E-state index contributed by atoms with van der Waals surface area (Å²) in [6.07, 6.45) is 9.15. The quantitative estimate of drug-likeness (QED) is 0.447. The molecule has 2 aromatic rings. The van der Waals surface area contributed by atoms with Gasteiger partial charge in [-0.25, -0.2) is 0 Å². The Morgan fingerprint density at radius 2 is 1.58 bits per heavy atom. The van der Waals surface area contributed by atoms with Gasteiger partial charge < -0.3 is 10.1 Å². The van der Waals surface area contributed by atoms with Crippen molar-refractivity contribution >= 4 is 11.3 Å². The van der Waals surface area contributed by atoms with Gasteiger partial charge in [0.1, 0.15) is 5.75 Å². The van der Waals surface area contributed by atoms with Gasteiger partial charge in [-0.15, -0.1) is 0 Å². The summed E-state index contributed by atoms with van der Waals surface area (Å²) in [6, 6.07) is 13.9. The zero-order valence-electron chi connectivity index (χ0n) is 19.5. The fourth-order valence-corrected chi connectivity index (χ4v) is 4.44. The zero-order valence-corrected chi connectivity index (χ0v) is 19.5. The van der Waals surface area contributed by atoms with Crippen molar-refractivity contribution in [2.75, 3.05) is 5.32 Å². The summed E-state index contributed by atoms with van der Waals surface area (Å²) >= 11 is 0. The van der Waals surface area contributed by atoms with E-state index in [1.54, 1.807) is 11.1 Å². The van der Waals surface area contributed by atoms with E-state index in [1.165, 1.54) is 55.2 Å². The number of ether oxygens (including phenoxy) is 1. The largest absolute Gasteiger partial charge is 0.488 e. The first kappa shape index (κ1) is 20.7. The van der Waals surface area contributed by atoms with Gasteiger partial charge in [-0.3, -0.25) is 0 Å². The van der Waals surface area contributed by atoms with E-state index >= 15 is 0 Å². The molecule has 0 radical (unpaired) electrons. The third-order valence-electron chi connectivity index (χ3n) is 6.57. The third kappa shape index (κ3) is 5.53. The van der Waals surface area contributed by atoms with Gasteiger partial charge in [0.05, 0.1) is 11.8 Å². The third-order valence-corrected chi connectivity index (χ3v) is 6.57. The lowest BCUT2D eigenvalue weighted by molar-refractivity contribution is 0.304. The van der Waals surface area contributed by atoms with Crippen LogP contribution < -0.4 is 10.1 Å². The van der Waals surface area contributed by atoms with Gasteiger partial charge in [0.2, 0.25) is 0 Å². The van der Waals surface area contributed by atoms with Crippen molar-refractivity contribution in [2.24, 2.45) is 5.41 Å². The van der Waals surface area contributed by atoms with Crippen LogP contribution >= 0.6 is 0 Å². The Kier molecular flexibility index (Phi) is 5.36. The molecule has 3 aliphatic rings. The predicted octanol–water partition coefficient (Wildman–Crippen LogP) is 8.04. The Morgan fingerprint density at radius 3 is 2.13 bits per heavy atom. The fourth-order valence-electron chi connectivity index (χ4n) is 4.44. The van der Waals surface area contributed by atoms with Crippen LogP contribution in [0, 0.1) is 5.41 Å². The van der Waals surface area contributed by atoms with Crippen molar-refractivity contribution in [1.82, 2.24) is 0 Å². The Balaban J connectivity index is 1.34. The van der Waals surface area contributed by atoms with Gasteiger partial charge in [0.15, 0.2) is 0 Å². The molecular formula is C29H37NO. The molecule has 0 amide bonds. The van der Waals surface area contributed by atoms with E-state index in [9.17, 15) is 0 Å². The Hall–Kier alpha value is -2.22. The summed E-state index contributed by atoms with van der Waals surface area (Å²) in [7, 11) is 0. The van der Waals surface area contributed by atoms with Crippen LogP contribution in [-0.4, -0.2) is 6.10 Å². The molecule has 2 heteroatoms. The van der Waals surface area contributed by atoms with Gasteiger partial charge in [0, 0.05) is 6.54 Å². The molecule has 0 heterocycles. The van der Waals surface area contributed by atoms with Crippen LogP contribution in [0.3, 0.4) is 0 Å². The Bertz CT molecular complexity index is 940. The standard InChI is InChI=1S/C29H37NO/c1-19(17-29(2,3)4)23-9-12-27(28(16-23)31-26-10-11-26)30-18-20-13-24(21-5-6-21)15-25(14-20)22-7-8-22/h9,12-16,21-22,26,30H,1,5-8,10-11,17-18H2,2-4H3. The van der Waals surface area contributed by atoms with Crippen molar-refractivity contribution in [3.63, 3.8) is 0 Å². The fraction of sp³-hybridized carbons (Fsp3) is 0.517. The van der Waals surface area contributed by atoms with Crippen molar-refractivity contribution in [1.29, 1.82) is 0 Å². The molecule has 0 aliphatic heterocycles. The summed E-state index contributed by atoms with van der Waals surface area (Å²) in [5.41, 5.74) is 8.24. The van der Waals surface area contributed by atoms with Crippen molar-refractivity contribution in [3.05, 3.63) is 65.2 Å². The van der Waals surface area contributed by atoms with Crippen LogP contribution in [0.4, 0.5) is 5.69 Å². The maximum Gasteiger partial charge on any atom is 0.143 e. The van der Waals surface area contributed by atoms with Crippen LogP contribution in [0.1, 0.15) is 99.8 Å². The second kappa shape index (κ2) is 8.04. The monoisotopic (exact) mass is 415 g/mol. The van der Waals surface area contributed by atoms with Crippen LogP contribution in [0.5, 0.6) is 5.75 Å². The maximum atomic E-state index is 6.31. The summed E-state index contributed by atoms with van der Waals surface area (Å²) in [5, 5.41) is 3.70. The van der Waals surface area contributed by atoms with Gasteiger partial charge >= 0.3 is 0 Å². The second-order valence-electron chi connectivity index (χ2n) is 11.3. The minimum absolute atomic E-state index is 0.233. The number of allylic oxidation sites excluding steroid dienone is 1. The number of hydrogen-bond acceptors (Lipinski definition) is 2. The molecular weight excluding hydrogens is 378 g/mol. The second-order valence-corrected chi connectivity index (χ2v) is 11.3. The Labute approximate surface area is 188 Å². The summed E-state index contributed by atoms with van der Waals surface area (Å²) in [5.74, 6) is 2.59. The topological polar surface area (TPSA) is 21.3 Å². The number of hydrogen-bond donors (Lipinski definition) is 1. The van der Waals surface area contributed by atoms with E-state index in [0.717, 1.165) is 36.2 Å². The summed E-state index contributed by atoms with van der Waals surface area (Å²) < 4.78 is 6.31. The number of benzene rings is 2. The van der Waals surface area contributed by atoms with Crippen LogP contribution in [0.25, 0.3) is 5.57 Å². The predicted molar refractivity (Wildman–Crippen MR) is 131 cm³/mol. The lowest BCUT2D eigenvalue weighted by Gasteiger charge is -2.21. The molecule has 3 fully saturated rings. The smallest absolute Gasteiger partial charge is 0.143 e. The summed E-state index contributed by atoms with van der Waals surface area (Å²) in [6.45, 7) is 12.0.